The molecule has 0 bridgehead atoms. The summed E-state index contributed by atoms with van der Waals surface area (Å²) in [5.41, 5.74) is 3.97. The van der Waals surface area contributed by atoms with Crippen LogP contribution in [0.1, 0.15) is 27.0 Å². The molecule has 5 heteroatoms. The molecule has 0 saturated carbocycles. The van der Waals surface area contributed by atoms with Gasteiger partial charge in [0.2, 0.25) is 5.91 Å². The summed E-state index contributed by atoms with van der Waals surface area (Å²) in [7, 11) is 1.30. The summed E-state index contributed by atoms with van der Waals surface area (Å²) in [4.78, 5) is 23.7. The molecular formula is C18H18ClNO3. The first-order valence-corrected chi connectivity index (χ1v) is 7.52. The standard InChI is InChI=1S/C18H18ClNO3/c1-11-4-5-13(8-12(11)2)9-17(21)20-16-10-14(18(22)23-3)6-7-15(16)19/h4-8,10H,9H2,1-3H3,(H,20,21). The number of nitrogens with one attached hydrogen (secondary N) is 1. The highest BCUT2D eigenvalue weighted by Gasteiger charge is 2.12. The van der Waals surface area contributed by atoms with Crippen LogP contribution >= 0.6 is 11.6 Å². The lowest BCUT2D eigenvalue weighted by Gasteiger charge is -2.10. The number of amides is 1. The minimum Gasteiger partial charge on any atom is -0.465 e. The Kier molecular flexibility index (Phi) is 5.40. The average Bonchev–Trinajstić information content (AvgIpc) is 2.52. The fraction of sp³-hybridized carbons (Fsp3) is 0.222. The normalized spacial score (nSPS) is 10.3. The molecule has 0 aliphatic carbocycles. The highest BCUT2D eigenvalue weighted by molar-refractivity contribution is 6.33. The first-order chi connectivity index (χ1) is 10.9. The van der Waals surface area contributed by atoms with Gasteiger partial charge in [-0.05, 0) is 48.7 Å². The van der Waals surface area contributed by atoms with Crippen molar-refractivity contribution in [2.75, 3.05) is 12.4 Å². The summed E-state index contributed by atoms with van der Waals surface area (Å²) >= 11 is 6.07. The van der Waals surface area contributed by atoms with E-state index in [1.807, 2.05) is 32.0 Å². The van der Waals surface area contributed by atoms with E-state index in [4.69, 9.17) is 11.6 Å². The number of aryl methyl sites for hydroxylation is 2. The van der Waals surface area contributed by atoms with Gasteiger partial charge in [-0.25, -0.2) is 4.79 Å². The molecule has 4 nitrogen and oxygen atoms in total. The quantitative estimate of drug-likeness (QED) is 0.864. The number of ether oxygens (including phenoxy) is 1. The zero-order valence-electron chi connectivity index (χ0n) is 13.3. The SMILES string of the molecule is COC(=O)c1ccc(Cl)c(NC(=O)Cc2ccc(C)c(C)c2)c1. The maximum Gasteiger partial charge on any atom is 0.337 e. The number of hydrogen-bond donors (Lipinski definition) is 1. The smallest absolute Gasteiger partial charge is 0.337 e. The highest BCUT2D eigenvalue weighted by Crippen LogP contribution is 2.24. The van der Waals surface area contributed by atoms with E-state index in [1.165, 1.54) is 18.7 Å². The first kappa shape index (κ1) is 17.0. The minimum absolute atomic E-state index is 0.197. The largest absolute Gasteiger partial charge is 0.465 e. The maximum atomic E-state index is 12.2. The van der Waals surface area contributed by atoms with Gasteiger partial charge >= 0.3 is 5.97 Å². The molecule has 2 aromatic rings. The zero-order valence-corrected chi connectivity index (χ0v) is 14.0. The third-order valence-corrected chi connectivity index (χ3v) is 3.93. The third-order valence-electron chi connectivity index (χ3n) is 3.60. The van der Waals surface area contributed by atoms with Crippen molar-refractivity contribution in [1.29, 1.82) is 0 Å². The number of rotatable bonds is 4. The molecule has 0 atom stereocenters. The summed E-state index contributed by atoms with van der Waals surface area (Å²) in [6.45, 7) is 4.03. The van der Waals surface area contributed by atoms with Crippen LogP contribution in [0.5, 0.6) is 0 Å². The molecule has 2 rings (SSSR count). The van der Waals surface area contributed by atoms with Gasteiger partial charge < -0.3 is 10.1 Å². The molecule has 1 N–H and O–H groups in total. The number of benzene rings is 2. The summed E-state index contributed by atoms with van der Waals surface area (Å²) in [5, 5.41) is 3.10. The van der Waals surface area contributed by atoms with Gasteiger partial charge in [-0.15, -0.1) is 0 Å². The number of carbonyl (C=O) groups is 2. The maximum absolute atomic E-state index is 12.2. The van der Waals surface area contributed by atoms with Crippen LogP contribution in [0, 0.1) is 13.8 Å². The second-order valence-corrected chi connectivity index (χ2v) is 5.74. The van der Waals surface area contributed by atoms with Crippen molar-refractivity contribution in [2.45, 2.75) is 20.3 Å². The molecule has 23 heavy (non-hydrogen) atoms. The number of esters is 1. The van der Waals surface area contributed by atoms with Gasteiger partial charge in [0.05, 0.1) is 29.8 Å². The number of hydrogen-bond acceptors (Lipinski definition) is 3. The van der Waals surface area contributed by atoms with Gasteiger partial charge in [-0.1, -0.05) is 29.8 Å². The van der Waals surface area contributed by atoms with Crippen molar-refractivity contribution in [3.63, 3.8) is 0 Å². The van der Waals surface area contributed by atoms with Crippen LogP contribution in [0.25, 0.3) is 0 Å². The van der Waals surface area contributed by atoms with E-state index < -0.39 is 5.97 Å². The van der Waals surface area contributed by atoms with Crippen molar-refractivity contribution in [1.82, 2.24) is 0 Å². The summed E-state index contributed by atoms with van der Waals surface area (Å²) < 4.78 is 4.66. The first-order valence-electron chi connectivity index (χ1n) is 7.14. The van der Waals surface area contributed by atoms with Crippen molar-refractivity contribution in [3.8, 4) is 0 Å². The topological polar surface area (TPSA) is 55.4 Å². The lowest BCUT2D eigenvalue weighted by atomic mass is 10.0. The van der Waals surface area contributed by atoms with Gasteiger partial charge in [0.25, 0.3) is 0 Å². The molecule has 0 spiro atoms. The highest BCUT2D eigenvalue weighted by atomic mass is 35.5. The fourth-order valence-corrected chi connectivity index (χ4v) is 2.32. The van der Waals surface area contributed by atoms with Crippen LogP contribution in [-0.4, -0.2) is 19.0 Å². The predicted molar refractivity (Wildman–Crippen MR) is 91.0 cm³/mol. The predicted octanol–water partition coefficient (Wildman–Crippen LogP) is 3.92. The average molecular weight is 332 g/mol. The van der Waals surface area contributed by atoms with Gasteiger partial charge in [-0.2, -0.15) is 0 Å². The molecule has 0 aliphatic rings. The number of methoxy groups -OCH3 is 1. The number of carbonyl (C=O) groups excluding carboxylic acids is 2. The Morgan fingerprint density at radius 3 is 2.48 bits per heavy atom. The Balaban J connectivity index is 2.13. The third kappa shape index (κ3) is 4.33. The molecule has 0 aromatic heterocycles. The van der Waals surface area contributed by atoms with E-state index in [-0.39, 0.29) is 12.3 Å². The summed E-state index contributed by atoms with van der Waals surface area (Å²) in [6, 6.07) is 10.5. The Morgan fingerprint density at radius 2 is 1.83 bits per heavy atom. The van der Waals surface area contributed by atoms with Crippen molar-refractivity contribution in [3.05, 3.63) is 63.7 Å². The van der Waals surface area contributed by atoms with E-state index >= 15 is 0 Å². The molecule has 0 fully saturated rings. The summed E-state index contributed by atoms with van der Waals surface area (Å²) in [6.07, 6.45) is 0.236. The van der Waals surface area contributed by atoms with Crippen molar-refractivity contribution >= 4 is 29.2 Å². The van der Waals surface area contributed by atoms with E-state index in [1.54, 1.807) is 12.1 Å². The minimum atomic E-state index is -0.480. The van der Waals surface area contributed by atoms with Gasteiger partial charge in [-0.3, -0.25) is 4.79 Å². The molecule has 0 radical (unpaired) electrons. The molecule has 0 heterocycles. The van der Waals surface area contributed by atoms with Crippen LogP contribution in [-0.2, 0) is 16.0 Å². The number of halogens is 1. The molecule has 1 amide bonds. The molecular weight excluding hydrogens is 314 g/mol. The van der Waals surface area contributed by atoms with Crippen LogP contribution in [0.15, 0.2) is 36.4 Å². The van der Waals surface area contributed by atoms with Gasteiger partial charge in [0.15, 0.2) is 0 Å². The zero-order chi connectivity index (χ0) is 17.0. The second-order valence-electron chi connectivity index (χ2n) is 5.33. The monoisotopic (exact) mass is 331 g/mol. The van der Waals surface area contributed by atoms with E-state index in [0.29, 0.717) is 16.3 Å². The fourth-order valence-electron chi connectivity index (χ4n) is 2.16. The van der Waals surface area contributed by atoms with Crippen molar-refractivity contribution < 1.29 is 14.3 Å². The molecule has 0 aliphatic heterocycles. The Bertz CT molecular complexity index is 756. The van der Waals surface area contributed by atoms with Gasteiger partial charge in [0, 0.05) is 0 Å². The lowest BCUT2D eigenvalue weighted by molar-refractivity contribution is -0.115. The van der Waals surface area contributed by atoms with Crippen LogP contribution in [0.3, 0.4) is 0 Å². The Hall–Kier alpha value is -2.33. The van der Waals surface area contributed by atoms with Crippen LogP contribution in [0.2, 0.25) is 5.02 Å². The molecule has 2 aromatic carbocycles. The van der Waals surface area contributed by atoms with Gasteiger partial charge in [0.1, 0.15) is 0 Å². The Morgan fingerprint density at radius 1 is 1.09 bits per heavy atom. The van der Waals surface area contributed by atoms with E-state index in [9.17, 15) is 9.59 Å². The second kappa shape index (κ2) is 7.29. The Labute approximate surface area is 140 Å². The number of anilines is 1. The van der Waals surface area contributed by atoms with Crippen LogP contribution in [0.4, 0.5) is 5.69 Å². The van der Waals surface area contributed by atoms with Crippen molar-refractivity contribution in [2.24, 2.45) is 0 Å². The summed E-state index contributed by atoms with van der Waals surface area (Å²) in [5.74, 6) is -0.677. The molecule has 0 unspecified atom stereocenters. The van der Waals surface area contributed by atoms with E-state index in [0.717, 1.165) is 11.1 Å². The lowest BCUT2D eigenvalue weighted by Crippen LogP contribution is -2.15. The molecule has 0 saturated heterocycles. The van der Waals surface area contributed by atoms with E-state index in [2.05, 4.69) is 10.1 Å². The molecule has 120 valence electrons. The van der Waals surface area contributed by atoms with Crippen LogP contribution < -0.4 is 5.32 Å².